The van der Waals surface area contributed by atoms with E-state index in [1.54, 1.807) is 15.9 Å². The predicted molar refractivity (Wildman–Crippen MR) is 76.9 cm³/mol. The fraction of sp³-hybridized carbons (Fsp3) is 0.400. The Morgan fingerprint density at radius 3 is 2.55 bits per heavy atom. The van der Waals surface area contributed by atoms with Gasteiger partial charge >= 0.3 is 0 Å². The van der Waals surface area contributed by atoms with E-state index >= 15 is 0 Å². The molecular formula is C15H20N4O. The molecule has 0 spiro atoms. The molecule has 0 atom stereocenters. The number of rotatable bonds is 6. The average molecular weight is 272 g/mol. The van der Waals surface area contributed by atoms with Crippen molar-refractivity contribution in [1.29, 1.82) is 0 Å². The number of benzene rings is 1. The Morgan fingerprint density at radius 1 is 1.25 bits per heavy atom. The molecule has 0 N–H and O–H groups in total. The first-order chi connectivity index (χ1) is 9.69. The number of aromatic nitrogens is 3. The van der Waals surface area contributed by atoms with Crippen molar-refractivity contribution in [3.05, 3.63) is 48.0 Å². The van der Waals surface area contributed by atoms with Gasteiger partial charge in [-0.2, -0.15) is 5.10 Å². The zero-order chi connectivity index (χ0) is 14.4. The third-order valence-corrected chi connectivity index (χ3v) is 3.30. The SMILES string of the molecule is CCc1ccc(CN(C)C(=O)CCn2cncn2)cc1. The molecule has 5 nitrogen and oxygen atoms in total. The van der Waals surface area contributed by atoms with Crippen LogP contribution in [0.4, 0.5) is 0 Å². The van der Waals surface area contributed by atoms with E-state index in [1.807, 2.05) is 7.05 Å². The molecule has 0 unspecified atom stereocenters. The molecule has 20 heavy (non-hydrogen) atoms. The molecule has 0 bridgehead atoms. The van der Waals surface area contributed by atoms with Gasteiger partial charge in [0.2, 0.25) is 5.91 Å². The minimum atomic E-state index is 0.111. The van der Waals surface area contributed by atoms with Gasteiger partial charge in [0.15, 0.2) is 0 Å². The zero-order valence-electron chi connectivity index (χ0n) is 12.0. The second-order valence-electron chi connectivity index (χ2n) is 4.83. The molecule has 0 aliphatic carbocycles. The van der Waals surface area contributed by atoms with Crippen LogP contribution in [0.5, 0.6) is 0 Å². The van der Waals surface area contributed by atoms with Crippen molar-refractivity contribution in [3.63, 3.8) is 0 Å². The van der Waals surface area contributed by atoms with Crippen molar-refractivity contribution in [2.45, 2.75) is 32.9 Å². The molecule has 0 fully saturated rings. The van der Waals surface area contributed by atoms with Crippen molar-refractivity contribution >= 4 is 5.91 Å². The van der Waals surface area contributed by atoms with E-state index in [-0.39, 0.29) is 5.91 Å². The molecule has 1 amide bonds. The molecule has 0 aliphatic heterocycles. The van der Waals surface area contributed by atoms with E-state index in [0.717, 1.165) is 12.0 Å². The van der Waals surface area contributed by atoms with Crippen LogP contribution in [0.1, 0.15) is 24.5 Å². The molecule has 0 aliphatic rings. The Bertz CT molecular complexity index is 534. The molecule has 0 saturated carbocycles. The summed E-state index contributed by atoms with van der Waals surface area (Å²) < 4.78 is 1.67. The molecule has 1 aromatic carbocycles. The smallest absolute Gasteiger partial charge is 0.224 e. The number of hydrogen-bond donors (Lipinski definition) is 0. The molecule has 5 heteroatoms. The van der Waals surface area contributed by atoms with Crippen LogP contribution >= 0.6 is 0 Å². The van der Waals surface area contributed by atoms with Crippen molar-refractivity contribution in [3.8, 4) is 0 Å². The van der Waals surface area contributed by atoms with Gasteiger partial charge in [0.05, 0.1) is 6.54 Å². The van der Waals surface area contributed by atoms with E-state index in [4.69, 9.17) is 0 Å². The molecule has 106 valence electrons. The summed E-state index contributed by atoms with van der Waals surface area (Å²) in [6.45, 7) is 3.34. The van der Waals surface area contributed by atoms with Crippen LogP contribution < -0.4 is 0 Å². The van der Waals surface area contributed by atoms with Crippen LogP contribution in [0.15, 0.2) is 36.9 Å². The van der Waals surface area contributed by atoms with Gasteiger partial charge in [-0.15, -0.1) is 0 Å². The molecular weight excluding hydrogens is 252 g/mol. The van der Waals surface area contributed by atoms with E-state index in [0.29, 0.717) is 19.5 Å². The second-order valence-corrected chi connectivity index (χ2v) is 4.83. The monoisotopic (exact) mass is 272 g/mol. The minimum absolute atomic E-state index is 0.111. The first-order valence-electron chi connectivity index (χ1n) is 6.83. The fourth-order valence-electron chi connectivity index (χ4n) is 1.99. The maximum Gasteiger partial charge on any atom is 0.224 e. The molecule has 1 aromatic heterocycles. The van der Waals surface area contributed by atoms with Crippen LogP contribution in [0.25, 0.3) is 0 Å². The molecule has 2 aromatic rings. The Kier molecular flexibility index (Phi) is 4.87. The van der Waals surface area contributed by atoms with Crippen LogP contribution in [0.3, 0.4) is 0 Å². The summed E-state index contributed by atoms with van der Waals surface area (Å²) in [6.07, 6.45) is 4.57. The van der Waals surface area contributed by atoms with Gasteiger partial charge in [0.25, 0.3) is 0 Å². The summed E-state index contributed by atoms with van der Waals surface area (Å²) in [5.74, 6) is 0.111. The quantitative estimate of drug-likeness (QED) is 0.807. The lowest BCUT2D eigenvalue weighted by Gasteiger charge is -2.17. The summed E-state index contributed by atoms with van der Waals surface area (Å²) in [6, 6.07) is 8.40. The first-order valence-corrected chi connectivity index (χ1v) is 6.83. The van der Waals surface area contributed by atoms with E-state index in [2.05, 4.69) is 41.3 Å². The average Bonchev–Trinajstić information content (AvgIpc) is 2.98. The number of nitrogens with zero attached hydrogens (tertiary/aromatic N) is 4. The van der Waals surface area contributed by atoms with Gasteiger partial charge in [-0.25, -0.2) is 4.98 Å². The lowest BCUT2D eigenvalue weighted by atomic mass is 10.1. The highest BCUT2D eigenvalue weighted by Crippen LogP contribution is 2.08. The van der Waals surface area contributed by atoms with Crippen molar-refractivity contribution in [2.75, 3.05) is 7.05 Å². The molecule has 1 heterocycles. The Balaban J connectivity index is 1.83. The van der Waals surface area contributed by atoms with Gasteiger partial charge in [-0.3, -0.25) is 9.48 Å². The Labute approximate surface area is 119 Å². The highest BCUT2D eigenvalue weighted by molar-refractivity contribution is 5.75. The maximum absolute atomic E-state index is 12.0. The van der Waals surface area contributed by atoms with Crippen molar-refractivity contribution < 1.29 is 4.79 Å². The number of carbonyl (C=O) groups excluding carboxylic acids is 1. The minimum Gasteiger partial charge on any atom is -0.341 e. The highest BCUT2D eigenvalue weighted by atomic mass is 16.2. The molecule has 0 radical (unpaired) electrons. The van der Waals surface area contributed by atoms with E-state index < -0.39 is 0 Å². The lowest BCUT2D eigenvalue weighted by Crippen LogP contribution is -2.27. The van der Waals surface area contributed by atoms with Crippen LogP contribution in [-0.4, -0.2) is 32.6 Å². The van der Waals surface area contributed by atoms with E-state index in [9.17, 15) is 4.79 Å². The molecule has 2 rings (SSSR count). The third kappa shape index (κ3) is 3.91. The number of carbonyl (C=O) groups is 1. The lowest BCUT2D eigenvalue weighted by molar-refractivity contribution is -0.130. The van der Waals surface area contributed by atoms with Gasteiger partial charge in [0.1, 0.15) is 12.7 Å². The number of aryl methyl sites for hydroxylation is 2. The summed E-state index contributed by atoms with van der Waals surface area (Å²) in [4.78, 5) is 17.6. The summed E-state index contributed by atoms with van der Waals surface area (Å²) in [7, 11) is 1.83. The first kappa shape index (κ1) is 14.2. The van der Waals surface area contributed by atoms with Crippen LogP contribution in [0.2, 0.25) is 0 Å². The second kappa shape index (κ2) is 6.84. The fourth-order valence-corrected chi connectivity index (χ4v) is 1.99. The zero-order valence-corrected chi connectivity index (χ0v) is 12.0. The standard InChI is InChI=1S/C15H20N4O/c1-3-13-4-6-14(7-5-13)10-18(2)15(20)8-9-19-12-16-11-17-19/h4-7,11-12H,3,8-10H2,1-2H3. The van der Waals surface area contributed by atoms with Gasteiger partial charge in [0, 0.05) is 20.0 Å². The summed E-state index contributed by atoms with van der Waals surface area (Å²) in [5.41, 5.74) is 2.47. The summed E-state index contributed by atoms with van der Waals surface area (Å²) >= 11 is 0. The van der Waals surface area contributed by atoms with Gasteiger partial charge in [-0.1, -0.05) is 31.2 Å². The number of amides is 1. The topological polar surface area (TPSA) is 51.0 Å². The van der Waals surface area contributed by atoms with Gasteiger partial charge in [-0.05, 0) is 17.5 Å². The maximum atomic E-state index is 12.0. The van der Waals surface area contributed by atoms with Crippen LogP contribution in [0, 0.1) is 0 Å². The Hall–Kier alpha value is -2.17. The predicted octanol–water partition coefficient (Wildman–Crippen LogP) is 1.89. The van der Waals surface area contributed by atoms with Gasteiger partial charge < -0.3 is 4.90 Å². The van der Waals surface area contributed by atoms with Crippen molar-refractivity contribution in [2.24, 2.45) is 0 Å². The normalized spacial score (nSPS) is 10.5. The third-order valence-electron chi connectivity index (χ3n) is 3.30. The largest absolute Gasteiger partial charge is 0.341 e. The summed E-state index contributed by atoms with van der Waals surface area (Å²) in [5, 5.41) is 3.99. The Morgan fingerprint density at radius 2 is 1.95 bits per heavy atom. The highest BCUT2D eigenvalue weighted by Gasteiger charge is 2.09. The molecule has 0 saturated heterocycles. The van der Waals surface area contributed by atoms with Crippen molar-refractivity contribution in [1.82, 2.24) is 19.7 Å². The van der Waals surface area contributed by atoms with E-state index in [1.165, 1.54) is 11.9 Å². The number of hydrogen-bond acceptors (Lipinski definition) is 3. The van der Waals surface area contributed by atoms with Crippen LogP contribution in [-0.2, 0) is 24.3 Å².